The molecule has 0 aliphatic carbocycles. The fourth-order valence-electron chi connectivity index (χ4n) is 1.75. The molecule has 1 amide bonds. The first-order chi connectivity index (χ1) is 7.70. The van der Waals surface area contributed by atoms with Crippen LogP contribution >= 0.6 is 27.5 Å². The molecule has 0 radical (unpaired) electrons. The Bertz CT molecular complexity index is 411. The summed E-state index contributed by atoms with van der Waals surface area (Å²) in [5.41, 5.74) is 0.999. The summed E-state index contributed by atoms with van der Waals surface area (Å²) in [6.07, 6.45) is 0.770. The van der Waals surface area contributed by atoms with Crippen LogP contribution in [0.3, 0.4) is 0 Å². The minimum Gasteiger partial charge on any atom is -0.493 e. The molecule has 1 aliphatic rings. The number of nitrogens with one attached hydrogen (secondary N) is 1. The Hall–Kier alpha value is -0.740. The van der Waals surface area contributed by atoms with E-state index in [9.17, 15) is 4.79 Å². The van der Waals surface area contributed by atoms with Crippen LogP contribution in [0.25, 0.3) is 0 Å². The van der Waals surface area contributed by atoms with Crippen LogP contribution in [0.5, 0.6) is 5.75 Å². The summed E-state index contributed by atoms with van der Waals surface area (Å²) in [4.78, 5) is 11.3. The predicted octanol–water partition coefficient (Wildman–Crippen LogP) is 2.63. The highest BCUT2D eigenvalue weighted by Gasteiger charge is 2.22. The molecular weight excluding hydrogens is 293 g/mol. The lowest BCUT2D eigenvalue weighted by molar-refractivity contribution is -0.119. The van der Waals surface area contributed by atoms with Gasteiger partial charge < -0.3 is 10.1 Å². The van der Waals surface area contributed by atoms with E-state index in [1.165, 1.54) is 0 Å². The predicted molar refractivity (Wildman–Crippen MR) is 65.9 cm³/mol. The molecule has 1 N–H and O–H groups in total. The second-order valence-corrected chi connectivity index (χ2v) is 4.76. The van der Waals surface area contributed by atoms with Gasteiger partial charge in [0.15, 0.2) is 0 Å². The molecule has 1 atom stereocenters. The number of amides is 1. The first-order valence-electron chi connectivity index (χ1n) is 4.98. The molecule has 0 saturated carbocycles. The smallest absolute Gasteiger partial charge is 0.235 e. The van der Waals surface area contributed by atoms with E-state index in [2.05, 4.69) is 21.2 Å². The van der Waals surface area contributed by atoms with Gasteiger partial charge in [0.25, 0.3) is 0 Å². The van der Waals surface area contributed by atoms with Crippen LogP contribution in [-0.4, -0.2) is 18.4 Å². The Morgan fingerprint density at radius 2 is 2.44 bits per heavy atom. The normalized spacial score (nSPS) is 18.5. The third kappa shape index (κ3) is 2.50. The Morgan fingerprint density at radius 1 is 1.62 bits per heavy atom. The fourth-order valence-corrected chi connectivity index (χ4v) is 2.20. The van der Waals surface area contributed by atoms with Gasteiger partial charge in [0, 0.05) is 16.5 Å². The molecule has 1 heterocycles. The van der Waals surface area contributed by atoms with E-state index < -0.39 is 0 Å². The van der Waals surface area contributed by atoms with Gasteiger partial charge in [-0.05, 0) is 18.2 Å². The largest absolute Gasteiger partial charge is 0.493 e. The quantitative estimate of drug-likeness (QED) is 0.853. The minimum absolute atomic E-state index is 0.00694. The van der Waals surface area contributed by atoms with Crippen molar-refractivity contribution in [1.82, 2.24) is 5.32 Å². The molecule has 2 rings (SSSR count). The molecule has 0 saturated heterocycles. The fraction of sp³-hybridized carbons (Fsp3) is 0.364. The Kier molecular flexibility index (Phi) is 3.71. The highest BCUT2D eigenvalue weighted by Crippen LogP contribution is 2.33. The molecule has 3 nitrogen and oxygen atoms in total. The monoisotopic (exact) mass is 303 g/mol. The van der Waals surface area contributed by atoms with E-state index >= 15 is 0 Å². The molecule has 0 bridgehead atoms. The number of carbonyl (C=O) groups is 1. The number of fused-ring (bicyclic) bond motifs is 1. The molecule has 5 heteroatoms. The first kappa shape index (κ1) is 11.7. The number of benzene rings is 1. The average molecular weight is 305 g/mol. The molecule has 1 aromatic rings. The summed E-state index contributed by atoms with van der Waals surface area (Å²) in [6, 6.07) is 5.78. The van der Waals surface area contributed by atoms with E-state index in [1.807, 2.05) is 18.2 Å². The van der Waals surface area contributed by atoms with Crippen molar-refractivity contribution in [3.8, 4) is 5.75 Å². The van der Waals surface area contributed by atoms with Gasteiger partial charge in [-0.15, -0.1) is 11.6 Å². The lowest BCUT2D eigenvalue weighted by Crippen LogP contribution is -2.32. The van der Waals surface area contributed by atoms with Gasteiger partial charge in [0.1, 0.15) is 11.6 Å². The van der Waals surface area contributed by atoms with E-state index in [-0.39, 0.29) is 17.8 Å². The maximum Gasteiger partial charge on any atom is 0.235 e. The van der Waals surface area contributed by atoms with Crippen LogP contribution in [-0.2, 0) is 4.79 Å². The molecule has 0 aromatic heterocycles. The van der Waals surface area contributed by atoms with Gasteiger partial charge in [-0.3, -0.25) is 4.79 Å². The number of rotatable bonds is 2. The summed E-state index contributed by atoms with van der Waals surface area (Å²) in [7, 11) is 0. The number of halogens is 2. The highest BCUT2D eigenvalue weighted by atomic mass is 79.9. The van der Waals surface area contributed by atoms with Crippen molar-refractivity contribution in [3.63, 3.8) is 0 Å². The lowest BCUT2D eigenvalue weighted by atomic mass is 10.0. The average Bonchev–Trinajstić information content (AvgIpc) is 2.29. The van der Waals surface area contributed by atoms with Crippen LogP contribution in [0.1, 0.15) is 18.0 Å². The zero-order valence-corrected chi connectivity index (χ0v) is 10.8. The molecule has 86 valence electrons. The van der Waals surface area contributed by atoms with Crippen LogP contribution in [0.4, 0.5) is 0 Å². The van der Waals surface area contributed by atoms with Gasteiger partial charge in [0.05, 0.1) is 12.6 Å². The van der Waals surface area contributed by atoms with Crippen LogP contribution in [0.15, 0.2) is 22.7 Å². The molecule has 1 aromatic carbocycles. The van der Waals surface area contributed by atoms with Gasteiger partial charge in [-0.1, -0.05) is 15.9 Å². The van der Waals surface area contributed by atoms with Crippen LogP contribution in [0.2, 0.25) is 0 Å². The Morgan fingerprint density at radius 3 is 3.19 bits per heavy atom. The van der Waals surface area contributed by atoms with E-state index in [1.54, 1.807) is 0 Å². The van der Waals surface area contributed by atoms with Gasteiger partial charge in [-0.2, -0.15) is 0 Å². The minimum atomic E-state index is -0.153. The number of carbonyl (C=O) groups excluding carboxylic acids is 1. The SMILES string of the molecule is O=C(CCl)NC1CCOc2ccc(Br)cc21. The van der Waals surface area contributed by atoms with Gasteiger partial charge in [-0.25, -0.2) is 0 Å². The second-order valence-electron chi connectivity index (χ2n) is 3.57. The van der Waals surface area contributed by atoms with Crippen molar-refractivity contribution >= 4 is 33.4 Å². The topological polar surface area (TPSA) is 38.3 Å². The third-order valence-electron chi connectivity index (χ3n) is 2.47. The number of hydrogen-bond donors (Lipinski definition) is 1. The summed E-state index contributed by atoms with van der Waals surface area (Å²) in [5, 5.41) is 2.88. The molecule has 1 aliphatic heterocycles. The molecule has 0 fully saturated rings. The Balaban J connectivity index is 2.24. The van der Waals surface area contributed by atoms with Crippen molar-refractivity contribution < 1.29 is 9.53 Å². The van der Waals surface area contributed by atoms with Crippen molar-refractivity contribution in [1.29, 1.82) is 0 Å². The van der Waals surface area contributed by atoms with Crippen molar-refractivity contribution in [2.24, 2.45) is 0 Å². The maximum atomic E-state index is 11.3. The van der Waals surface area contributed by atoms with Crippen molar-refractivity contribution in [2.45, 2.75) is 12.5 Å². The van der Waals surface area contributed by atoms with Crippen molar-refractivity contribution in [3.05, 3.63) is 28.2 Å². The summed E-state index contributed by atoms with van der Waals surface area (Å²) in [5.74, 6) is 0.662. The summed E-state index contributed by atoms with van der Waals surface area (Å²) < 4.78 is 6.49. The molecule has 16 heavy (non-hydrogen) atoms. The maximum absolute atomic E-state index is 11.3. The lowest BCUT2D eigenvalue weighted by Gasteiger charge is -2.26. The van der Waals surface area contributed by atoms with E-state index in [0.717, 1.165) is 22.2 Å². The van der Waals surface area contributed by atoms with Crippen molar-refractivity contribution in [2.75, 3.05) is 12.5 Å². The number of alkyl halides is 1. The second kappa shape index (κ2) is 5.06. The van der Waals surface area contributed by atoms with E-state index in [4.69, 9.17) is 16.3 Å². The van der Waals surface area contributed by atoms with Crippen LogP contribution < -0.4 is 10.1 Å². The van der Waals surface area contributed by atoms with Crippen LogP contribution in [0, 0.1) is 0 Å². The summed E-state index contributed by atoms with van der Waals surface area (Å²) >= 11 is 8.88. The van der Waals surface area contributed by atoms with Gasteiger partial charge in [0.2, 0.25) is 5.91 Å². The highest BCUT2D eigenvalue weighted by molar-refractivity contribution is 9.10. The Labute approximate surface area is 107 Å². The number of ether oxygens (including phenoxy) is 1. The first-order valence-corrected chi connectivity index (χ1v) is 6.31. The standard InChI is InChI=1S/C11H11BrClNO2/c12-7-1-2-10-8(5-7)9(3-4-16-10)14-11(15)6-13/h1-2,5,9H,3-4,6H2,(H,14,15). The zero-order chi connectivity index (χ0) is 11.5. The number of hydrogen-bond acceptors (Lipinski definition) is 2. The molecular formula is C11H11BrClNO2. The third-order valence-corrected chi connectivity index (χ3v) is 3.20. The summed E-state index contributed by atoms with van der Waals surface area (Å²) in [6.45, 7) is 0.613. The zero-order valence-electron chi connectivity index (χ0n) is 8.50. The molecule has 0 spiro atoms. The van der Waals surface area contributed by atoms with Gasteiger partial charge >= 0.3 is 0 Å². The van der Waals surface area contributed by atoms with E-state index in [0.29, 0.717) is 6.61 Å². The molecule has 1 unspecified atom stereocenters.